The van der Waals surface area contributed by atoms with Crippen LogP contribution in [0.25, 0.3) is 11.3 Å². The van der Waals surface area contributed by atoms with Gasteiger partial charge in [0.05, 0.1) is 23.1 Å². The van der Waals surface area contributed by atoms with E-state index in [2.05, 4.69) is 18.8 Å². The molecule has 0 aliphatic carbocycles. The number of alkyl halides is 3. The van der Waals surface area contributed by atoms with Crippen LogP contribution in [-0.2, 0) is 6.18 Å². The van der Waals surface area contributed by atoms with Crippen LogP contribution in [0.4, 0.5) is 13.2 Å². The molecule has 124 valence electrons. The first-order valence-corrected chi connectivity index (χ1v) is 7.60. The van der Waals surface area contributed by atoms with Gasteiger partial charge in [-0.05, 0) is 43.0 Å². The van der Waals surface area contributed by atoms with Gasteiger partial charge < -0.3 is 5.11 Å². The summed E-state index contributed by atoms with van der Waals surface area (Å²) in [5.41, 5.74) is 1.01. The first-order valence-electron chi connectivity index (χ1n) is 7.60. The third-order valence-electron chi connectivity index (χ3n) is 3.64. The monoisotopic (exact) mass is 323 g/mol. The van der Waals surface area contributed by atoms with E-state index < -0.39 is 17.8 Å². The minimum absolute atomic E-state index is 0.489. The van der Waals surface area contributed by atoms with Crippen LogP contribution >= 0.6 is 0 Å². The average molecular weight is 323 g/mol. The maximum Gasteiger partial charge on any atom is 0.416 e. The molecule has 23 heavy (non-hydrogen) atoms. The summed E-state index contributed by atoms with van der Waals surface area (Å²) < 4.78 is 37.8. The Morgan fingerprint density at radius 2 is 1.65 bits per heavy atom. The molecule has 1 heterocycles. The van der Waals surface area contributed by atoms with Gasteiger partial charge >= 0.3 is 6.18 Å². The van der Waals surface area contributed by atoms with Crippen LogP contribution in [0.5, 0.6) is 0 Å². The Morgan fingerprint density at radius 3 is 2.22 bits per heavy atom. The fourth-order valence-corrected chi connectivity index (χ4v) is 2.27. The van der Waals surface area contributed by atoms with Crippen molar-refractivity contribution >= 4 is 0 Å². The highest BCUT2D eigenvalue weighted by atomic mass is 19.4. The van der Waals surface area contributed by atoms with E-state index >= 15 is 0 Å². The molecule has 0 bridgehead atoms. The van der Waals surface area contributed by atoms with Crippen LogP contribution in [-0.4, -0.2) is 10.1 Å². The van der Waals surface area contributed by atoms with Gasteiger partial charge in [0, 0.05) is 5.56 Å². The number of pyridine rings is 1. The van der Waals surface area contributed by atoms with Gasteiger partial charge in [-0.15, -0.1) is 0 Å². The number of halogens is 3. The van der Waals surface area contributed by atoms with E-state index in [9.17, 15) is 18.3 Å². The van der Waals surface area contributed by atoms with Crippen molar-refractivity contribution in [1.29, 1.82) is 0 Å². The molecule has 1 unspecified atom stereocenters. The normalized spacial score (nSPS) is 13.3. The minimum atomic E-state index is -4.35. The molecule has 0 aliphatic heterocycles. The Balaban J connectivity index is 2.19. The molecule has 2 nitrogen and oxygen atoms in total. The zero-order valence-electron chi connectivity index (χ0n) is 13.1. The summed E-state index contributed by atoms with van der Waals surface area (Å²) >= 11 is 0. The molecule has 1 aromatic heterocycles. The molecule has 0 aliphatic rings. The van der Waals surface area contributed by atoms with Crippen molar-refractivity contribution in [1.82, 2.24) is 4.98 Å². The van der Waals surface area contributed by atoms with Gasteiger partial charge in [0.2, 0.25) is 0 Å². The predicted octanol–water partition coefficient (Wildman–Crippen LogP) is 5.24. The summed E-state index contributed by atoms with van der Waals surface area (Å²) in [6, 6.07) is 10.1. The zero-order valence-corrected chi connectivity index (χ0v) is 13.1. The lowest BCUT2D eigenvalue weighted by atomic mass is 10.0. The van der Waals surface area contributed by atoms with Crippen molar-refractivity contribution in [3.8, 4) is 11.3 Å². The number of aromatic nitrogens is 1. The third-order valence-corrected chi connectivity index (χ3v) is 3.64. The summed E-state index contributed by atoms with van der Waals surface area (Å²) in [7, 11) is 0. The minimum Gasteiger partial charge on any atom is -0.387 e. The predicted molar refractivity (Wildman–Crippen MR) is 83.7 cm³/mol. The van der Waals surface area contributed by atoms with Crippen LogP contribution < -0.4 is 0 Å². The van der Waals surface area contributed by atoms with E-state index in [1.54, 1.807) is 18.2 Å². The van der Waals surface area contributed by atoms with Gasteiger partial charge in [-0.1, -0.05) is 32.0 Å². The van der Waals surface area contributed by atoms with Gasteiger partial charge in [-0.2, -0.15) is 13.2 Å². The van der Waals surface area contributed by atoms with E-state index in [0.717, 1.165) is 18.6 Å². The summed E-state index contributed by atoms with van der Waals surface area (Å²) in [5.74, 6) is 0.489. The fourth-order valence-electron chi connectivity index (χ4n) is 2.27. The van der Waals surface area contributed by atoms with Gasteiger partial charge in [0.1, 0.15) is 0 Å². The first kappa shape index (κ1) is 17.5. The fraction of sp³-hybridized carbons (Fsp3) is 0.389. The molecule has 0 spiro atoms. The molecule has 0 fully saturated rings. The van der Waals surface area contributed by atoms with Crippen molar-refractivity contribution < 1.29 is 18.3 Å². The lowest BCUT2D eigenvalue weighted by molar-refractivity contribution is -0.137. The van der Waals surface area contributed by atoms with E-state index in [1.165, 1.54) is 12.1 Å². The standard InChI is InChI=1S/C18H20F3NO/c1-12(2)6-11-17(23)16-5-3-4-15(22-16)13-7-9-14(10-8-13)18(19,20)21/h3-5,7-10,12,17,23H,6,11H2,1-2H3. The molecule has 2 aromatic rings. The molecule has 0 radical (unpaired) electrons. The Morgan fingerprint density at radius 1 is 1.00 bits per heavy atom. The molecule has 0 amide bonds. The third kappa shape index (κ3) is 4.79. The van der Waals surface area contributed by atoms with Crippen LogP contribution in [0.15, 0.2) is 42.5 Å². The Kier molecular flexibility index (Phi) is 5.42. The summed E-state index contributed by atoms with van der Waals surface area (Å²) in [6.07, 6.45) is -3.51. The van der Waals surface area contributed by atoms with Crippen LogP contribution in [0.2, 0.25) is 0 Å². The summed E-state index contributed by atoms with van der Waals surface area (Å²) in [4.78, 5) is 4.38. The quantitative estimate of drug-likeness (QED) is 0.816. The molecule has 0 saturated heterocycles. The number of rotatable bonds is 5. The highest BCUT2D eigenvalue weighted by Gasteiger charge is 2.30. The number of hydrogen-bond donors (Lipinski definition) is 1. The average Bonchev–Trinajstić information content (AvgIpc) is 2.52. The van der Waals surface area contributed by atoms with Crippen molar-refractivity contribution in [2.75, 3.05) is 0 Å². The molecular weight excluding hydrogens is 303 g/mol. The molecule has 1 atom stereocenters. The highest BCUT2D eigenvalue weighted by Crippen LogP contribution is 2.31. The van der Waals surface area contributed by atoms with Crippen LogP contribution in [0.1, 0.15) is 44.1 Å². The van der Waals surface area contributed by atoms with Crippen LogP contribution in [0.3, 0.4) is 0 Å². The lowest BCUT2D eigenvalue weighted by Crippen LogP contribution is -2.05. The van der Waals surface area contributed by atoms with E-state index in [4.69, 9.17) is 0 Å². The molecule has 5 heteroatoms. The summed E-state index contributed by atoms with van der Waals surface area (Å²) in [5, 5.41) is 10.2. The van der Waals surface area contributed by atoms with Gasteiger partial charge in [-0.3, -0.25) is 4.98 Å². The number of hydrogen-bond acceptors (Lipinski definition) is 2. The second-order valence-electron chi connectivity index (χ2n) is 6.01. The molecule has 1 N–H and O–H groups in total. The van der Waals surface area contributed by atoms with Gasteiger partial charge in [-0.25, -0.2) is 0 Å². The lowest BCUT2D eigenvalue weighted by Gasteiger charge is -2.13. The SMILES string of the molecule is CC(C)CCC(O)c1cccc(-c2ccc(C(F)(F)F)cc2)n1. The van der Waals surface area contributed by atoms with Crippen molar-refractivity contribution in [3.05, 3.63) is 53.7 Å². The van der Waals surface area contributed by atoms with E-state index in [1.807, 2.05) is 0 Å². The Bertz CT molecular complexity index is 635. The van der Waals surface area contributed by atoms with E-state index in [0.29, 0.717) is 29.3 Å². The Hall–Kier alpha value is -1.88. The molecule has 1 aromatic carbocycles. The van der Waals surface area contributed by atoms with Crippen molar-refractivity contribution in [2.24, 2.45) is 5.92 Å². The molecule has 2 rings (SSSR count). The summed E-state index contributed by atoms with van der Waals surface area (Å²) in [6.45, 7) is 4.16. The Labute approximate surface area is 134 Å². The number of aliphatic hydroxyl groups excluding tert-OH is 1. The van der Waals surface area contributed by atoms with Gasteiger partial charge in [0.25, 0.3) is 0 Å². The smallest absolute Gasteiger partial charge is 0.387 e. The maximum absolute atomic E-state index is 12.6. The topological polar surface area (TPSA) is 33.1 Å². The van der Waals surface area contributed by atoms with E-state index in [-0.39, 0.29) is 0 Å². The largest absolute Gasteiger partial charge is 0.416 e. The second kappa shape index (κ2) is 7.13. The molecular formula is C18H20F3NO. The van der Waals surface area contributed by atoms with Gasteiger partial charge in [0.15, 0.2) is 0 Å². The number of benzene rings is 1. The molecule has 0 saturated carbocycles. The number of aliphatic hydroxyl groups is 1. The highest BCUT2D eigenvalue weighted by molar-refractivity contribution is 5.59. The second-order valence-corrected chi connectivity index (χ2v) is 6.01. The first-order chi connectivity index (χ1) is 10.8. The zero-order chi connectivity index (χ0) is 17.0. The maximum atomic E-state index is 12.6. The van der Waals surface area contributed by atoms with Crippen LogP contribution in [0, 0.1) is 5.92 Å². The number of nitrogens with zero attached hydrogens (tertiary/aromatic N) is 1. The van der Waals surface area contributed by atoms with Crippen molar-refractivity contribution in [2.45, 2.75) is 39.0 Å². The van der Waals surface area contributed by atoms with Crippen molar-refractivity contribution in [3.63, 3.8) is 0 Å².